The third-order valence-corrected chi connectivity index (χ3v) is 2.71. The Hall–Kier alpha value is -1.07. The number of halogens is 1. The number of hydrogen-bond acceptors (Lipinski definition) is 4. The summed E-state index contributed by atoms with van der Waals surface area (Å²) < 4.78 is 10.7. The lowest BCUT2D eigenvalue weighted by atomic mass is 10.1. The minimum absolute atomic E-state index is 0.0827. The van der Waals surface area contributed by atoms with Crippen molar-refractivity contribution in [2.24, 2.45) is 0 Å². The van der Waals surface area contributed by atoms with E-state index in [4.69, 9.17) is 9.47 Å². The summed E-state index contributed by atoms with van der Waals surface area (Å²) in [5.74, 6) is 0.118. The number of rotatable bonds is 5. The summed E-state index contributed by atoms with van der Waals surface area (Å²) in [4.78, 5) is 11.3. The van der Waals surface area contributed by atoms with E-state index >= 15 is 0 Å². The van der Waals surface area contributed by atoms with Gasteiger partial charge >= 0.3 is 5.97 Å². The fourth-order valence-electron chi connectivity index (χ4n) is 1.45. The van der Waals surface area contributed by atoms with Crippen molar-refractivity contribution in [3.05, 3.63) is 28.2 Å². The lowest BCUT2D eigenvalue weighted by Gasteiger charge is -2.14. The standard InChI is InChI=1S/C12H15BrO4/c1-3-17-12(15)7-10(14)9-6-8(13)4-5-11(9)16-2/h4-6,10,14H,3,7H2,1-2H3. The van der Waals surface area contributed by atoms with Gasteiger partial charge < -0.3 is 14.6 Å². The van der Waals surface area contributed by atoms with E-state index in [1.165, 1.54) is 7.11 Å². The quantitative estimate of drug-likeness (QED) is 0.849. The molecule has 17 heavy (non-hydrogen) atoms. The molecule has 5 heteroatoms. The lowest BCUT2D eigenvalue weighted by Crippen LogP contribution is -2.10. The molecule has 0 aliphatic rings. The zero-order valence-electron chi connectivity index (χ0n) is 9.77. The van der Waals surface area contributed by atoms with E-state index in [-0.39, 0.29) is 6.42 Å². The Balaban J connectivity index is 2.83. The van der Waals surface area contributed by atoms with Gasteiger partial charge in [-0.25, -0.2) is 0 Å². The normalized spacial score (nSPS) is 12.0. The van der Waals surface area contributed by atoms with Gasteiger partial charge in [-0.15, -0.1) is 0 Å². The molecule has 0 heterocycles. The van der Waals surface area contributed by atoms with Gasteiger partial charge in [0.15, 0.2) is 0 Å². The number of aliphatic hydroxyl groups is 1. The molecule has 0 fully saturated rings. The number of benzene rings is 1. The van der Waals surface area contributed by atoms with Crippen LogP contribution in [0.5, 0.6) is 5.75 Å². The molecule has 0 bridgehead atoms. The molecule has 1 aromatic rings. The molecular formula is C12H15BrO4. The number of aliphatic hydroxyl groups excluding tert-OH is 1. The molecule has 0 spiro atoms. The third-order valence-electron chi connectivity index (χ3n) is 2.22. The number of methoxy groups -OCH3 is 1. The van der Waals surface area contributed by atoms with E-state index in [2.05, 4.69) is 15.9 Å². The second kappa shape index (κ2) is 6.61. The van der Waals surface area contributed by atoms with Crippen LogP contribution in [0.1, 0.15) is 25.0 Å². The lowest BCUT2D eigenvalue weighted by molar-refractivity contribution is -0.145. The fraction of sp³-hybridized carbons (Fsp3) is 0.417. The Kier molecular flexibility index (Phi) is 5.44. The second-order valence-corrected chi connectivity index (χ2v) is 4.33. The zero-order valence-corrected chi connectivity index (χ0v) is 11.4. The largest absolute Gasteiger partial charge is 0.496 e. The number of esters is 1. The van der Waals surface area contributed by atoms with Crippen molar-refractivity contribution in [1.82, 2.24) is 0 Å². The maximum absolute atomic E-state index is 11.3. The van der Waals surface area contributed by atoms with Gasteiger partial charge in [0.1, 0.15) is 5.75 Å². The van der Waals surface area contributed by atoms with Crippen LogP contribution in [0.4, 0.5) is 0 Å². The molecule has 0 aromatic heterocycles. The molecule has 1 aromatic carbocycles. The van der Waals surface area contributed by atoms with Crippen molar-refractivity contribution in [1.29, 1.82) is 0 Å². The topological polar surface area (TPSA) is 55.8 Å². The van der Waals surface area contributed by atoms with Crippen LogP contribution in [0, 0.1) is 0 Å². The zero-order chi connectivity index (χ0) is 12.8. The van der Waals surface area contributed by atoms with Crippen molar-refractivity contribution in [2.45, 2.75) is 19.4 Å². The van der Waals surface area contributed by atoms with Gasteiger partial charge in [0.05, 0.1) is 26.2 Å². The average molecular weight is 303 g/mol. The van der Waals surface area contributed by atoms with Crippen LogP contribution in [0.2, 0.25) is 0 Å². The Morgan fingerprint density at radius 2 is 2.24 bits per heavy atom. The highest BCUT2D eigenvalue weighted by molar-refractivity contribution is 9.10. The maximum Gasteiger partial charge on any atom is 0.308 e. The van der Waals surface area contributed by atoms with Gasteiger partial charge in [-0.2, -0.15) is 0 Å². The Morgan fingerprint density at radius 1 is 1.53 bits per heavy atom. The summed E-state index contributed by atoms with van der Waals surface area (Å²) in [5, 5.41) is 9.95. The van der Waals surface area contributed by atoms with E-state index < -0.39 is 12.1 Å². The van der Waals surface area contributed by atoms with Crippen LogP contribution >= 0.6 is 15.9 Å². The predicted octanol–water partition coefficient (Wildman–Crippen LogP) is 2.44. The van der Waals surface area contributed by atoms with Crippen molar-refractivity contribution >= 4 is 21.9 Å². The van der Waals surface area contributed by atoms with E-state index in [0.717, 1.165) is 4.47 Å². The maximum atomic E-state index is 11.3. The smallest absolute Gasteiger partial charge is 0.308 e. The molecule has 0 radical (unpaired) electrons. The van der Waals surface area contributed by atoms with Gasteiger partial charge in [-0.3, -0.25) is 4.79 Å². The van der Waals surface area contributed by atoms with E-state index in [1.54, 1.807) is 25.1 Å². The first-order chi connectivity index (χ1) is 8.08. The first-order valence-corrected chi connectivity index (χ1v) is 6.05. The predicted molar refractivity (Wildman–Crippen MR) is 66.9 cm³/mol. The summed E-state index contributed by atoms with van der Waals surface area (Å²) >= 11 is 3.31. The summed E-state index contributed by atoms with van der Waals surface area (Å²) in [5.41, 5.74) is 0.565. The fourth-order valence-corrected chi connectivity index (χ4v) is 1.83. The van der Waals surface area contributed by atoms with E-state index in [1.807, 2.05) is 0 Å². The number of hydrogen-bond donors (Lipinski definition) is 1. The molecular weight excluding hydrogens is 288 g/mol. The number of carbonyl (C=O) groups excluding carboxylic acids is 1. The summed E-state index contributed by atoms with van der Waals surface area (Å²) in [6.07, 6.45) is -1.01. The monoisotopic (exact) mass is 302 g/mol. The average Bonchev–Trinajstić information content (AvgIpc) is 2.29. The van der Waals surface area contributed by atoms with Crippen LogP contribution in [0.15, 0.2) is 22.7 Å². The van der Waals surface area contributed by atoms with Crippen LogP contribution in [-0.2, 0) is 9.53 Å². The minimum Gasteiger partial charge on any atom is -0.496 e. The molecule has 1 atom stereocenters. The van der Waals surface area contributed by atoms with Crippen molar-refractivity contribution in [3.8, 4) is 5.75 Å². The molecule has 0 amide bonds. The summed E-state index contributed by atoms with van der Waals surface area (Å²) in [6, 6.07) is 5.26. The van der Waals surface area contributed by atoms with Gasteiger partial charge in [0.2, 0.25) is 0 Å². The molecule has 0 aliphatic carbocycles. The highest BCUT2D eigenvalue weighted by Crippen LogP contribution is 2.30. The molecule has 1 rings (SSSR count). The van der Waals surface area contributed by atoms with Gasteiger partial charge in [-0.05, 0) is 25.1 Å². The van der Waals surface area contributed by atoms with E-state index in [0.29, 0.717) is 17.9 Å². The Labute approximate surface area is 109 Å². The molecule has 94 valence electrons. The minimum atomic E-state index is -0.929. The molecule has 0 aliphatic heterocycles. The second-order valence-electron chi connectivity index (χ2n) is 3.41. The van der Waals surface area contributed by atoms with Gasteiger partial charge in [0, 0.05) is 10.0 Å². The first-order valence-electron chi connectivity index (χ1n) is 5.25. The highest BCUT2D eigenvalue weighted by atomic mass is 79.9. The van der Waals surface area contributed by atoms with Crippen LogP contribution in [0.3, 0.4) is 0 Å². The molecule has 1 N–H and O–H groups in total. The molecule has 0 saturated carbocycles. The van der Waals surface area contributed by atoms with Crippen molar-refractivity contribution in [2.75, 3.05) is 13.7 Å². The summed E-state index contributed by atoms with van der Waals surface area (Å²) in [7, 11) is 1.52. The third kappa shape index (κ3) is 4.02. The van der Waals surface area contributed by atoms with Gasteiger partial charge in [-0.1, -0.05) is 15.9 Å². The van der Waals surface area contributed by atoms with Crippen LogP contribution in [-0.4, -0.2) is 24.8 Å². The van der Waals surface area contributed by atoms with Gasteiger partial charge in [0.25, 0.3) is 0 Å². The van der Waals surface area contributed by atoms with E-state index in [9.17, 15) is 9.90 Å². The SMILES string of the molecule is CCOC(=O)CC(O)c1cc(Br)ccc1OC. The molecule has 0 saturated heterocycles. The van der Waals surface area contributed by atoms with Crippen molar-refractivity contribution < 1.29 is 19.4 Å². The molecule has 1 unspecified atom stereocenters. The Bertz CT molecular complexity index is 392. The highest BCUT2D eigenvalue weighted by Gasteiger charge is 2.18. The summed E-state index contributed by atoms with van der Waals surface area (Å²) in [6.45, 7) is 2.03. The molecule has 4 nitrogen and oxygen atoms in total. The first kappa shape index (κ1) is 14.0. The Morgan fingerprint density at radius 3 is 2.82 bits per heavy atom. The van der Waals surface area contributed by atoms with Crippen molar-refractivity contribution in [3.63, 3.8) is 0 Å². The number of carbonyl (C=O) groups is 1. The number of ether oxygens (including phenoxy) is 2. The van der Waals surface area contributed by atoms with Crippen LogP contribution in [0.25, 0.3) is 0 Å². The van der Waals surface area contributed by atoms with Crippen LogP contribution < -0.4 is 4.74 Å².